The third-order valence-electron chi connectivity index (χ3n) is 4.34. The van der Waals surface area contributed by atoms with Gasteiger partial charge in [-0.2, -0.15) is 0 Å². The Hall–Kier alpha value is -2.11. The lowest BCUT2D eigenvalue weighted by atomic mass is 9.96. The van der Waals surface area contributed by atoms with Crippen molar-refractivity contribution < 1.29 is 14.0 Å². The number of carbonyl (C=O) groups is 2. The van der Waals surface area contributed by atoms with Crippen molar-refractivity contribution in [1.82, 2.24) is 15.5 Å². The highest BCUT2D eigenvalue weighted by atomic mass is 19.1. The van der Waals surface area contributed by atoms with Crippen LogP contribution in [-0.2, 0) is 11.3 Å². The Bertz CT molecular complexity index is 542. The van der Waals surface area contributed by atoms with Crippen LogP contribution in [0.4, 0.5) is 9.18 Å². The van der Waals surface area contributed by atoms with Gasteiger partial charge in [0.1, 0.15) is 5.82 Å². The van der Waals surface area contributed by atoms with Crippen LogP contribution in [0.5, 0.6) is 0 Å². The molecule has 2 N–H and O–H groups in total. The molecule has 0 unspecified atom stereocenters. The maximum atomic E-state index is 12.9. The van der Waals surface area contributed by atoms with Crippen molar-refractivity contribution in [3.63, 3.8) is 0 Å². The molecule has 0 aliphatic heterocycles. The number of carbonyl (C=O) groups excluding carboxylic acids is 2. The van der Waals surface area contributed by atoms with Gasteiger partial charge in [0.25, 0.3) is 0 Å². The largest absolute Gasteiger partial charge is 0.337 e. The summed E-state index contributed by atoms with van der Waals surface area (Å²) in [6, 6.07) is 6.17. The summed E-state index contributed by atoms with van der Waals surface area (Å²) in [7, 11) is 0. The van der Waals surface area contributed by atoms with Gasteiger partial charge in [0.15, 0.2) is 0 Å². The summed E-state index contributed by atoms with van der Waals surface area (Å²) in [6.45, 7) is 2.71. The monoisotopic (exact) mass is 335 g/mol. The van der Waals surface area contributed by atoms with E-state index in [1.54, 1.807) is 17.0 Å². The minimum atomic E-state index is -0.297. The SMILES string of the molecule is CC(=O)N(CCNC(=O)NC1CCCCC1)Cc1ccc(F)cc1. The Balaban J connectivity index is 1.73. The molecule has 0 spiro atoms. The van der Waals surface area contributed by atoms with Crippen molar-refractivity contribution in [3.05, 3.63) is 35.6 Å². The second-order valence-electron chi connectivity index (χ2n) is 6.30. The number of nitrogens with one attached hydrogen (secondary N) is 2. The molecule has 0 saturated heterocycles. The van der Waals surface area contributed by atoms with Crippen LogP contribution < -0.4 is 10.6 Å². The number of urea groups is 1. The number of halogens is 1. The predicted octanol–water partition coefficient (Wildman–Crippen LogP) is 2.81. The normalized spacial score (nSPS) is 14.9. The van der Waals surface area contributed by atoms with E-state index in [1.807, 2.05) is 0 Å². The van der Waals surface area contributed by atoms with E-state index in [9.17, 15) is 14.0 Å². The van der Waals surface area contributed by atoms with Gasteiger partial charge in [0, 0.05) is 32.6 Å². The van der Waals surface area contributed by atoms with Crippen molar-refractivity contribution >= 4 is 11.9 Å². The molecule has 1 saturated carbocycles. The maximum Gasteiger partial charge on any atom is 0.315 e. The first kappa shape index (κ1) is 18.2. The molecule has 1 aliphatic rings. The third kappa shape index (κ3) is 6.18. The van der Waals surface area contributed by atoms with Gasteiger partial charge in [-0.05, 0) is 30.5 Å². The van der Waals surface area contributed by atoms with Gasteiger partial charge in [-0.15, -0.1) is 0 Å². The standard InChI is InChI=1S/C18H26FN3O2/c1-14(23)22(13-15-7-9-16(19)10-8-15)12-11-20-18(24)21-17-5-3-2-4-6-17/h7-10,17H,2-6,11-13H2,1H3,(H2,20,21,24). The first-order valence-corrected chi connectivity index (χ1v) is 8.59. The number of nitrogens with zero attached hydrogens (tertiary/aromatic N) is 1. The molecule has 0 atom stereocenters. The van der Waals surface area contributed by atoms with Crippen molar-refractivity contribution in [2.24, 2.45) is 0 Å². The molecule has 0 radical (unpaired) electrons. The van der Waals surface area contributed by atoms with Gasteiger partial charge in [-0.25, -0.2) is 9.18 Å². The highest BCUT2D eigenvalue weighted by Crippen LogP contribution is 2.17. The molecule has 6 heteroatoms. The van der Waals surface area contributed by atoms with E-state index in [0.717, 1.165) is 18.4 Å². The fourth-order valence-corrected chi connectivity index (χ4v) is 2.95. The van der Waals surface area contributed by atoms with E-state index in [2.05, 4.69) is 10.6 Å². The number of benzene rings is 1. The second kappa shape index (κ2) is 9.25. The lowest BCUT2D eigenvalue weighted by Gasteiger charge is -2.24. The molecular formula is C18H26FN3O2. The summed E-state index contributed by atoms with van der Waals surface area (Å²) in [4.78, 5) is 25.3. The molecule has 0 bridgehead atoms. The van der Waals surface area contributed by atoms with Crippen LogP contribution in [0.3, 0.4) is 0 Å². The first-order chi connectivity index (χ1) is 11.5. The van der Waals surface area contributed by atoms with E-state index in [1.165, 1.54) is 38.3 Å². The summed E-state index contributed by atoms with van der Waals surface area (Å²) in [5, 5.41) is 5.79. The van der Waals surface area contributed by atoms with Gasteiger partial charge in [-0.3, -0.25) is 4.79 Å². The molecule has 1 aromatic carbocycles. The van der Waals surface area contributed by atoms with E-state index in [-0.39, 0.29) is 23.8 Å². The maximum absolute atomic E-state index is 12.9. The molecule has 132 valence electrons. The van der Waals surface area contributed by atoms with E-state index in [0.29, 0.717) is 19.6 Å². The van der Waals surface area contributed by atoms with Crippen molar-refractivity contribution in [2.45, 2.75) is 51.6 Å². The molecule has 24 heavy (non-hydrogen) atoms. The average molecular weight is 335 g/mol. The van der Waals surface area contributed by atoms with Crippen LogP contribution in [0.25, 0.3) is 0 Å². The van der Waals surface area contributed by atoms with Crippen LogP contribution in [-0.4, -0.2) is 36.0 Å². The summed E-state index contributed by atoms with van der Waals surface area (Å²) in [5.41, 5.74) is 0.859. The molecule has 1 aliphatic carbocycles. The zero-order chi connectivity index (χ0) is 17.4. The first-order valence-electron chi connectivity index (χ1n) is 8.59. The van der Waals surface area contributed by atoms with E-state index >= 15 is 0 Å². The van der Waals surface area contributed by atoms with Gasteiger partial charge in [0.05, 0.1) is 0 Å². The Morgan fingerprint density at radius 1 is 1.17 bits per heavy atom. The van der Waals surface area contributed by atoms with Crippen molar-refractivity contribution in [1.29, 1.82) is 0 Å². The predicted molar refractivity (Wildman–Crippen MR) is 90.9 cm³/mol. The Morgan fingerprint density at radius 2 is 1.83 bits per heavy atom. The van der Waals surface area contributed by atoms with Gasteiger partial charge in [-0.1, -0.05) is 31.4 Å². The fraction of sp³-hybridized carbons (Fsp3) is 0.556. The molecule has 2 rings (SSSR count). The number of hydrogen-bond acceptors (Lipinski definition) is 2. The van der Waals surface area contributed by atoms with Gasteiger partial charge in [0.2, 0.25) is 5.91 Å². The lowest BCUT2D eigenvalue weighted by Crippen LogP contribution is -2.45. The minimum Gasteiger partial charge on any atom is -0.337 e. The highest BCUT2D eigenvalue weighted by molar-refractivity contribution is 5.75. The molecule has 0 aromatic heterocycles. The van der Waals surface area contributed by atoms with E-state index < -0.39 is 0 Å². The number of hydrogen-bond donors (Lipinski definition) is 2. The Labute approximate surface area is 142 Å². The van der Waals surface area contributed by atoms with Crippen LogP contribution >= 0.6 is 0 Å². The zero-order valence-corrected chi connectivity index (χ0v) is 14.2. The lowest BCUT2D eigenvalue weighted by molar-refractivity contribution is -0.129. The molecule has 3 amide bonds. The fourth-order valence-electron chi connectivity index (χ4n) is 2.95. The smallest absolute Gasteiger partial charge is 0.315 e. The summed E-state index contributed by atoms with van der Waals surface area (Å²) < 4.78 is 12.9. The van der Waals surface area contributed by atoms with Gasteiger partial charge < -0.3 is 15.5 Å². The molecule has 1 fully saturated rings. The molecular weight excluding hydrogens is 309 g/mol. The zero-order valence-electron chi connectivity index (χ0n) is 14.2. The summed E-state index contributed by atoms with van der Waals surface area (Å²) in [5.74, 6) is -0.372. The van der Waals surface area contributed by atoms with Crippen LogP contribution in [0, 0.1) is 5.82 Å². The average Bonchev–Trinajstić information content (AvgIpc) is 2.56. The van der Waals surface area contributed by atoms with E-state index in [4.69, 9.17) is 0 Å². The third-order valence-corrected chi connectivity index (χ3v) is 4.34. The second-order valence-corrected chi connectivity index (χ2v) is 6.30. The van der Waals surface area contributed by atoms with Crippen LogP contribution in [0.2, 0.25) is 0 Å². The topological polar surface area (TPSA) is 61.4 Å². The molecule has 1 aromatic rings. The van der Waals surface area contributed by atoms with Crippen molar-refractivity contribution in [2.75, 3.05) is 13.1 Å². The summed E-state index contributed by atoms with van der Waals surface area (Å²) in [6.07, 6.45) is 5.66. The highest BCUT2D eigenvalue weighted by Gasteiger charge is 2.16. The Morgan fingerprint density at radius 3 is 2.46 bits per heavy atom. The van der Waals surface area contributed by atoms with Crippen molar-refractivity contribution in [3.8, 4) is 0 Å². The molecule has 5 nitrogen and oxygen atoms in total. The molecule has 0 heterocycles. The van der Waals surface area contributed by atoms with Crippen LogP contribution in [0.15, 0.2) is 24.3 Å². The van der Waals surface area contributed by atoms with Gasteiger partial charge >= 0.3 is 6.03 Å². The van der Waals surface area contributed by atoms with Crippen LogP contribution in [0.1, 0.15) is 44.6 Å². The Kier molecular flexibility index (Phi) is 7.03. The summed E-state index contributed by atoms with van der Waals surface area (Å²) >= 11 is 0. The number of amides is 3. The minimum absolute atomic E-state index is 0.0752. The quantitative estimate of drug-likeness (QED) is 0.840. The number of rotatable bonds is 6.